The summed E-state index contributed by atoms with van der Waals surface area (Å²) in [7, 11) is 0. The van der Waals surface area contributed by atoms with Crippen molar-refractivity contribution in [1.29, 1.82) is 5.26 Å². The predicted octanol–water partition coefficient (Wildman–Crippen LogP) is 3.22. The zero-order valence-electron chi connectivity index (χ0n) is 13.4. The smallest absolute Gasteiger partial charge is 0.270 e. The quantitative estimate of drug-likeness (QED) is 0.386. The Balaban J connectivity index is 2.20. The van der Waals surface area contributed by atoms with Gasteiger partial charge in [0.15, 0.2) is 5.78 Å². The molecule has 0 spiro atoms. The highest BCUT2D eigenvalue weighted by Crippen LogP contribution is 2.26. The highest BCUT2D eigenvalue weighted by molar-refractivity contribution is 6.04. The van der Waals surface area contributed by atoms with Crippen LogP contribution in [0, 0.1) is 28.4 Å². The van der Waals surface area contributed by atoms with Crippen molar-refractivity contribution in [3.8, 4) is 6.07 Å². The molecule has 0 aliphatic rings. The van der Waals surface area contributed by atoms with E-state index in [1.165, 1.54) is 38.1 Å². The van der Waals surface area contributed by atoms with Gasteiger partial charge in [-0.05, 0) is 25.5 Å². The first-order valence-corrected chi connectivity index (χ1v) is 7.11. The number of rotatable bonds is 5. The standard InChI is InChI=1S/C17H13N3O5/c1-10(21)16-11(2)25-17(14(16)9-18)19-15(22)7-6-12-4-3-5-13(8-12)20(23)24/h3-8H,1-2H3,(H,19,22)/b7-6+. The second-order valence-corrected chi connectivity index (χ2v) is 5.08. The molecule has 8 nitrogen and oxygen atoms in total. The third-order valence-corrected chi connectivity index (χ3v) is 3.29. The van der Waals surface area contributed by atoms with E-state index in [1.807, 2.05) is 6.07 Å². The molecular formula is C17H13N3O5. The van der Waals surface area contributed by atoms with E-state index >= 15 is 0 Å². The average Bonchev–Trinajstić information content (AvgIpc) is 2.88. The first kappa shape index (κ1) is 17.6. The summed E-state index contributed by atoms with van der Waals surface area (Å²) >= 11 is 0. The van der Waals surface area contributed by atoms with Crippen LogP contribution in [0.2, 0.25) is 0 Å². The van der Waals surface area contributed by atoms with Gasteiger partial charge in [0.1, 0.15) is 17.4 Å². The SMILES string of the molecule is CC(=O)c1c(C)oc(NC(=O)/C=C/c2cccc([N+](=O)[O-])c2)c1C#N. The number of hydrogen-bond donors (Lipinski definition) is 1. The van der Waals surface area contributed by atoms with E-state index in [0.29, 0.717) is 5.56 Å². The van der Waals surface area contributed by atoms with Crippen molar-refractivity contribution in [3.63, 3.8) is 0 Å². The summed E-state index contributed by atoms with van der Waals surface area (Å²) in [4.78, 5) is 33.7. The molecule has 25 heavy (non-hydrogen) atoms. The Kier molecular flexibility index (Phi) is 5.09. The number of nitriles is 1. The van der Waals surface area contributed by atoms with Gasteiger partial charge in [-0.15, -0.1) is 0 Å². The normalized spacial score (nSPS) is 10.4. The van der Waals surface area contributed by atoms with E-state index in [1.54, 1.807) is 6.07 Å². The number of ketones is 1. The number of non-ortho nitro benzene ring substituents is 1. The van der Waals surface area contributed by atoms with E-state index in [9.17, 15) is 19.7 Å². The van der Waals surface area contributed by atoms with Crippen LogP contribution in [0.25, 0.3) is 6.08 Å². The van der Waals surface area contributed by atoms with Gasteiger partial charge in [-0.3, -0.25) is 25.0 Å². The predicted molar refractivity (Wildman–Crippen MR) is 88.9 cm³/mol. The fraction of sp³-hybridized carbons (Fsp3) is 0.118. The van der Waals surface area contributed by atoms with Gasteiger partial charge < -0.3 is 4.42 Å². The molecule has 0 bridgehead atoms. The van der Waals surface area contributed by atoms with E-state index in [2.05, 4.69) is 5.32 Å². The van der Waals surface area contributed by atoms with Crippen LogP contribution in [0.1, 0.15) is 34.2 Å². The van der Waals surface area contributed by atoms with Crippen LogP contribution in [-0.4, -0.2) is 16.6 Å². The fourth-order valence-electron chi connectivity index (χ4n) is 2.23. The molecule has 1 aromatic carbocycles. The second-order valence-electron chi connectivity index (χ2n) is 5.08. The van der Waals surface area contributed by atoms with Gasteiger partial charge in [0.05, 0.1) is 10.5 Å². The molecule has 2 rings (SSSR count). The maximum absolute atomic E-state index is 12.0. The lowest BCUT2D eigenvalue weighted by molar-refractivity contribution is -0.384. The Hall–Kier alpha value is -3.73. The van der Waals surface area contributed by atoms with Crippen LogP contribution < -0.4 is 5.32 Å². The number of carbonyl (C=O) groups is 2. The molecule has 1 aromatic heterocycles. The van der Waals surface area contributed by atoms with E-state index < -0.39 is 10.8 Å². The lowest BCUT2D eigenvalue weighted by Crippen LogP contribution is -2.08. The number of anilines is 1. The van der Waals surface area contributed by atoms with E-state index in [4.69, 9.17) is 9.68 Å². The molecule has 1 N–H and O–H groups in total. The molecular weight excluding hydrogens is 326 g/mol. The molecule has 0 aliphatic carbocycles. The van der Waals surface area contributed by atoms with Crippen molar-refractivity contribution >= 4 is 29.3 Å². The molecule has 1 amide bonds. The Bertz CT molecular complexity index is 934. The molecule has 1 heterocycles. The summed E-state index contributed by atoms with van der Waals surface area (Å²) < 4.78 is 5.27. The molecule has 0 fully saturated rings. The van der Waals surface area contributed by atoms with Crippen LogP contribution >= 0.6 is 0 Å². The lowest BCUT2D eigenvalue weighted by atomic mass is 10.1. The molecule has 2 aromatic rings. The molecule has 0 unspecified atom stereocenters. The minimum absolute atomic E-state index is 0.0397. The third-order valence-electron chi connectivity index (χ3n) is 3.29. The van der Waals surface area contributed by atoms with Crippen LogP contribution in [0.4, 0.5) is 11.6 Å². The number of benzene rings is 1. The zero-order chi connectivity index (χ0) is 18.6. The van der Waals surface area contributed by atoms with Crippen LogP contribution in [0.5, 0.6) is 0 Å². The van der Waals surface area contributed by atoms with E-state index in [0.717, 1.165) is 6.08 Å². The summed E-state index contributed by atoms with van der Waals surface area (Å²) in [6.07, 6.45) is 2.53. The topological polar surface area (TPSA) is 126 Å². The van der Waals surface area contributed by atoms with Crippen molar-refractivity contribution in [3.05, 3.63) is 62.9 Å². The molecule has 126 valence electrons. The van der Waals surface area contributed by atoms with Gasteiger partial charge in [0.2, 0.25) is 5.88 Å². The lowest BCUT2D eigenvalue weighted by Gasteiger charge is -1.98. The highest BCUT2D eigenvalue weighted by atomic mass is 16.6. The number of aryl methyl sites for hydroxylation is 1. The van der Waals surface area contributed by atoms with Crippen LogP contribution in [0.15, 0.2) is 34.8 Å². The number of nitro groups is 1. The van der Waals surface area contributed by atoms with Crippen molar-refractivity contribution in [2.24, 2.45) is 0 Å². The summed E-state index contributed by atoms with van der Waals surface area (Å²) in [6.45, 7) is 2.82. The number of Topliss-reactive ketones (excluding diaryl/α,β-unsaturated/α-hetero) is 1. The Morgan fingerprint density at radius 3 is 2.72 bits per heavy atom. The van der Waals surface area contributed by atoms with Gasteiger partial charge in [-0.25, -0.2) is 0 Å². The van der Waals surface area contributed by atoms with E-state index in [-0.39, 0.29) is 34.2 Å². The summed E-state index contributed by atoms with van der Waals surface area (Å²) in [5.41, 5.74) is 0.453. The van der Waals surface area contributed by atoms with Crippen molar-refractivity contribution in [2.45, 2.75) is 13.8 Å². The Morgan fingerprint density at radius 2 is 2.12 bits per heavy atom. The highest BCUT2D eigenvalue weighted by Gasteiger charge is 2.21. The first-order valence-electron chi connectivity index (χ1n) is 7.11. The average molecular weight is 339 g/mol. The van der Waals surface area contributed by atoms with Gasteiger partial charge in [0.25, 0.3) is 11.6 Å². The van der Waals surface area contributed by atoms with Crippen LogP contribution in [-0.2, 0) is 4.79 Å². The molecule has 0 saturated carbocycles. The molecule has 0 radical (unpaired) electrons. The third kappa shape index (κ3) is 3.97. The number of hydrogen-bond acceptors (Lipinski definition) is 6. The van der Waals surface area contributed by atoms with Gasteiger partial charge >= 0.3 is 0 Å². The van der Waals surface area contributed by atoms with Crippen LogP contribution in [0.3, 0.4) is 0 Å². The summed E-state index contributed by atoms with van der Waals surface area (Å²) in [5.74, 6) is -0.821. The zero-order valence-corrected chi connectivity index (χ0v) is 13.4. The number of nitro benzene ring substituents is 1. The largest absolute Gasteiger partial charge is 0.443 e. The number of nitrogens with zero attached hydrogens (tertiary/aromatic N) is 2. The minimum atomic E-state index is -0.605. The second kappa shape index (κ2) is 7.23. The number of amides is 1. The number of carbonyl (C=O) groups excluding carboxylic acids is 2. The molecule has 0 saturated heterocycles. The first-order chi connectivity index (χ1) is 11.8. The summed E-state index contributed by atoms with van der Waals surface area (Å²) in [5, 5.41) is 22.3. The van der Waals surface area contributed by atoms with Crippen molar-refractivity contribution in [1.82, 2.24) is 0 Å². The Morgan fingerprint density at radius 1 is 1.40 bits per heavy atom. The van der Waals surface area contributed by atoms with Gasteiger partial charge in [-0.1, -0.05) is 12.1 Å². The van der Waals surface area contributed by atoms with Gasteiger partial charge in [-0.2, -0.15) is 5.26 Å². The fourth-order valence-corrected chi connectivity index (χ4v) is 2.23. The van der Waals surface area contributed by atoms with Crippen molar-refractivity contribution in [2.75, 3.05) is 5.32 Å². The van der Waals surface area contributed by atoms with Gasteiger partial charge in [0, 0.05) is 18.2 Å². The van der Waals surface area contributed by atoms with Crippen molar-refractivity contribution < 1.29 is 18.9 Å². The minimum Gasteiger partial charge on any atom is -0.443 e. The maximum Gasteiger partial charge on any atom is 0.270 e. The number of furan rings is 1. The maximum atomic E-state index is 12.0. The number of nitrogens with one attached hydrogen (secondary N) is 1. The molecule has 8 heteroatoms. The monoisotopic (exact) mass is 339 g/mol. The molecule has 0 atom stereocenters. The summed E-state index contributed by atoms with van der Waals surface area (Å²) in [6, 6.07) is 7.59. The Labute approximate surface area is 142 Å². The molecule has 0 aliphatic heterocycles.